The van der Waals surface area contributed by atoms with Crippen molar-refractivity contribution in [1.82, 2.24) is 0 Å². The number of ether oxygens (including phenoxy) is 1. The molecule has 1 aliphatic rings. The first-order chi connectivity index (χ1) is 6.63. The molecule has 0 aromatic carbocycles. The summed E-state index contributed by atoms with van der Waals surface area (Å²) in [5.41, 5.74) is 5.95. The van der Waals surface area contributed by atoms with E-state index in [0.717, 1.165) is 18.9 Å². The van der Waals surface area contributed by atoms with Crippen molar-refractivity contribution in [1.29, 1.82) is 0 Å². The summed E-state index contributed by atoms with van der Waals surface area (Å²) in [6.07, 6.45) is 3.29. The zero-order valence-corrected chi connectivity index (χ0v) is 9.28. The molecule has 0 amide bonds. The van der Waals surface area contributed by atoms with Gasteiger partial charge in [-0.2, -0.15) is 0 Å². The predicted molar refractivity (Wildman–Crippen MR) is 57.0 cm³/mol. The van der Waals surface area contributed by atoms with Crippen molar-refractivity contribution < 1.29 is 9.84 Å². The van der Waals surface area contributed by atoms with Crippen LogP contribution in [0.15, 0.2) is 0 Å². The zero-order chi connectivity index (χ0) is 10.6. The third kappa shape index (κ3) is 4.40. The Hall–Kier alpha value is -0.120. The van der Waals surface area contributed by atoms with E-state index < -0.39 is 0 Å². The van der Waals surface area contributed by atoms with Gasteiger partial charge in [0.25, 0.3) is 0 Å². The molecule has 0 aromatic heterocycles. The van der Waals surface area contributed by atoms with Gasteiger partial charge in [0.05, 0.1) is 12.7 Å². The van der Waals surface area contributed by atoms with E-state index in [0.29, 0.717) is 5.92 Å². The molecule has 0 saturated heterocycles. The number of rotatable bonds is 7. The topological polar surface area (TPSA) is 55.5 Å². The van der Waals surface area contributed by atoms with Crippen LogP contribution in [0.3, 0.4) is 0 Å². The maximum Gasteiger partial charge on any atom is 0.0956 e. The normalized spacial score (nSPS) is 21.2. The van der Waals surface area contributed by atoms with Gasteiger partial charge in [-0.3, -0.25) is 0 Å². The quantitative estimate of drug-likeness (QED) is 0.649. The summed E-state index contributed by atoms with van der Waals surface area (Å²) in [6.45, 7) is 5.09. The summed E-state index contributed by atoms with van der Waals surface area (Å²) in [7, 11) is 0. The van der Waals surface area contributed by atoms with Crippen LogP contribution >= 0.6 is 0 Å². The number of hydrogen-bond donors (Lipinski definition) is 2. The van der Waals surface area contributed by atoms with Crippen LogP contribution < -0.4 is 5.73 Å². The molecule has 0 heterocycles. The first-order valence-corrected chi connectivity index (χ1v) is 5.61. The van der Waals surface area contributed by atoms with Crippen molar-refractivity contribution in [3.63, 3.8) is 0 Å². The van der Waals surface area contributed by atoms with Crippen molar-refractivity contribution in [2.75, 3.05) is 13.2 Å². The Bertz CT molecular complexity index is 157. The minimum absolute atomic E-state index is 0.0289. The monoisotopic (exact) mass is 201 g/mol. The van der Waals surface area contributed by atoms with E-state index in [9.17, 15) is 0 Å². The van der Waals surface area contributed by atoms with Crippen LogP contribution in [0.2, 0.25) is 0 Å². The summed E-state index contributed by atoms with van der Waals surface area (Å²) in [4.78, 5) is 0. The Kier molecular flexibility index (Phi) is 4.85. The van der Waals surface area contributed by atoms with Gasteiger partial charge in [0, 0.05) is 12.6 Å². The van der Waals surface area contributed by atoms with Crippen molar-refractivity contribution in [3.8, 4) is 0 Å². The zero-order valence-electron chi connectivity index (χ0n) is 9.28. The highest BCUT2D eigenvalue weighted by molar-refractivity contribution is 4.77. The van der Waals surface area contributed by atoms with Crippen molar-refractivity contribution in [2.24, 2.45) is 17.6 Å². The van der Waals surface area contributed by atoms with E-state index in [1.54, 1.807) is 0 Å². The fraction of sp³-hybridized carbons (Fsp3) is 1.00. The minimum Gasteiger partial charge on any atom is -0.394 e. The van der Waals surface area contributed by atoms with Crippen molar-refractivity contribution in [2.45, 2.75) is 45.3 Å². The lowest BCUT2D eigenvalue weighted by Gasteiger charge is -2.23. The molecule has 0 bridgehead atoms. The van der Waals surface area contributed by atoms with Gasteiger partial charge in [0.15, 0.2) is 0 Å². The van der Waals surface area contributed by atoms with Gasteiger partial charge in [0.1, 0.15) is 0 Å². The number of nitrogens with two attached hydrogens (primary N) is 1. The Morgan fingerprint density at radius 2 is 2.07 bits per heavy atom. The molecule has 3 N–H and O–H groups in total. The van der Waals surface area contributed by atoms with Gasteiger partial charge in [-0.05, 0) is 31.1 Å². The van der Waals surface area contributed by atoms with Crippen LogP contribution in [0.25, 0.3) is 0 Å². The molecule has 1 rings (SSSR count). The summed E-state index contributed by atoms with van der Waals surface area (Å²) in [5, 5.41) is 9.14. The van der Waals surface area contributed by atoms with Crippen LogP contribution in [0.4, 0.5) is 0 Å². The lowest BCUT2D eigenvalue weighted by molar-refractivity contribution is -0.0107. The molecule has 1 fully saturated rings. The molecular formula is C11H23NO2. The summed E-state index contributed by atoms with van der Waals surface area (Å²) in [6, 6.07) is -0.0289. The molecule has 3 nitrogen and oxygen atoms in total. The Balaban J connectivity index is 2.19. The lowest BCUT2D eigenvalue weighted by Crippen LogP contribution is -2.40. The molecule has 0 spiro atoms. The molecule has 2 unspecified atom stereocenters. The van der Waals surface area contributed by atoms with Crippen LogP contribution in [0.5, 0.6) is 0 Å². The Morgan fingerprint density at radius 3 is 2.50 bits per heavy atom. The Morgan fingerprint density at radius 1 is 1.43 bits per heavy atom. The second kappa shape index (κ2) is 5.69. The van der Waals surface area contributed by atoms with Gasteiger partial charge >= 0.3 is 0 Å². The molecule has 2 atom stereocenters. The summed E-state index contributed by atoms with van der Waals surface area (Å²) in [5.74, 6) is 1.29. The average Bonchev–Trinajstić information content (AvgIpc) is 2.87. The van der Waals surface area contributed by atoms with E-state index in [2.05, 4.69) is 13.8 Å². The molecule has 14 heavy (non-hydrogen) atoms. The predicted octanol–water partition coefficient (Wildman–Crippen LogP) is 1.15. The van der Waals surface area contributed by atoms with Gasteiger partial charge in [-0.25, -0.2) is 0 Å². The number of aliphatic hydroxyl groups excluding tert-OH is 1. The largest absolute Gasteiger partial charge is 0.394 e. The van der Waals surface area contributed by atoms with E-state index >= 15 is 0 Å². The third-order valence-corrected chi connectivity index (χ3v) is 2.64. The molecule has 1 aliphatic carbocycles. The number of aliphatic hydroxyl groups is 1. The molecule has 3 heteroatoms. The van der Waals surface area contributed by atoms with E-state index in [1.807, 2.05) is 0 Å². The summed E-state index contributed by atoms with van der Waals surface area (Å²) < 4.78 is 5.60. The van der Waals surface area contributed by atoms with Crippen LogP contribution in [-0.4, -0.2) is 30.5 Å². The highest BCUT2D eigenvalue weighted by Crippen LogP contribution is 2.29. The highest BCUT2D eigenvalue weighted by Gasteiger charge is 2.25. The van der Waals surface area contributed by atoms with E-state index in [1.165, 1.54) is 12.8 Å². The smallest absolute Gasteiger partial charge is 0.0956 e. The second-order valence-corrected chi connectivity index (χ2v) is 4.79. The van der Waals surface area contributed by atoms with Crippen molar-refractivity contribution >= 4 is 0 Å². The van der Waals surface area contributed by atoms with Crippen LogP contribution in [0, 0.1) is 11.8 Å². The third-order valence-electron chi connectivity index (χ3n) is 2.64. The van der Waals surface area contributed by atoms with Gasteiger partial charge < -0.3 is 15.6 Å². The molecule has 0 aromatic rings. The standard InChI is InChI=1S/C11H23NO2/c1-8(2)5-10(12)11(6-13)14-7-9-3-4-9/h8-11,13H,3-7,12H2,1-2H3. The molecular weight excluding hydrogens is 178 g/mol. The van der Waals surface area contributed by atoms with E-state index in [-0.39, 0.29) is 18.8 Å². The fourth-order valence-electron chi connectivity index (χ4n) is 1.55. The lowest BCUT2D eigenvalue weighted by atomic mass is 10.0. The minimum atomic E-state index is -0.169. The average molecular weight is 201 g/mol. The summed E-state index contributed by atoms with van der Waals surface area (Å²) >= 11 is 0. The molecule has 0 radical (unpaired) electrons. The van der Waals surface area contributed by atoms with Gasteiger partial charge in [0.2, 0.25) is 0 Å². The maximum absolute atomic E-state index is 9.14. The Labute approximate surface area is 86.6 Å². The first-order valence-electron chi connectivity index (χ1n) is 5.61. The van der Waals surface area contributed by atoms with Gasteiger partial charge in [-0.1, -0.05) is 13.8 Å². The highest BCUT2D eigenvalue weighted by atomic mass is 16.5. The fourth-order valence-corrected chi connectivity index (χ4v) is 1.55. The van der Waals surface area contributed by atoms with Crippen LogP contribution in [0.1, 0.15) is 33.1 Å². The molecule has 0 aliphatic heterocycles. The van der Waals surface area contributed by atoms with Crippen molar-refractivity contribution in [3.05, 3.63) is 0 Å². The maximum atomic E-state index is 9.14. The molecule has 84 valence electrons. The first kappa shape index (κ1) is 12.0. The number of hydrogen-bond acceptors (Lipinski definition) is 3. The SMILES string of the molecule is CC(C)CC(N)C(CO)OCC1CC1. The van der Waals surface area contributed by atoms with Crippen LogP contribution in [-0.2, 0) is 4.74 Å². The second-order valence-electron chi connectivity index (χ2n) is 4.79. The molecule has 1 saturated carbocycles. The van der Waals surface area contributed by atoms with E-state index in [4.69, 9.17) is 15.6 Å². The van der Waals surface area contributed by atoms with Gasteiger partial charge in [-0.15, -0.1) is 0 Å².